The fraction of sp³-hybridized carbons (Fsp3) is 0.333. The Bertz CT molecular complexity index is 657. The number of hydrogen-bond donors (Lipinski definition) is 0. The summed E-state index contributed by atoms with van der Waals surface area (Å²) in [4.78, 5) is 24.6. The first kappa shape index (κ1) is 16.4. The molecule has 0 unspecified atom stereocenters. The second kappa shape index (κ2) is 7.36. The fourth-order valence-corrected chi connectivity index (χ4v) is 2.85. The molecule has 0 saturated heterocycles. The van der Waals surface area contributed by atoms with Gasteiger partial charge in [0.25, 0.3) is 0 Å². The largest absolute Gasteiger partial charge is 0.426 e. The van der Waals surface area contributed by atoms with Crippen molar-refractivity contribution in [3.63, 3.8) is 0 Å². The Morgan fingerprint density at radius 3 is 2.59 bits per heavy atom. The number of carbonyl (C=O) groups is 2. The minimum absolute atomic E-state index is 0.0136. The molecule has 2 rings (SSSR count). The number of rotatable bonds is 6. The quantitative estimate of drug-likeness (QED) is 0.439. The summed E-state index contributed by atoms with van der Waals surface area (Å²) in [7, 11) is 0. The van der Waals surface area contributed by atoms with Gasteiger partial charge in [-0.2, -0.15) is 0 Å². The Kier molecular flexibility index (Phi) is 5.50. The highest BCUT2D eigenvalue weighted by Gasteiger charge is 2.14. The lowest BCUT2D eigenvalue weighted by Gasteiger charge is -2.13. The summed E-state index contributed by atoms with van der Waals surface area (Å²) >= 11 is 1.39. The van der Waals surface area contributed by atoms with Gasteiger partial charge in [0.2, 0.25) is 0 Å². The van der Waals surface area contributed by atoms with Crippen molar-refractivity contribution in [1.82, 2.24) is 0 Å². The summed E-state index contributed by atoms with van der Waals surface area (Å²) in [6.45, 7) is 6.08. The smallest absolute Gasteiger partial charge is 0.311 e. The number of ketones is 1. The summed E-state index contributed by atoms with van der Waals surface area (Å²) in [6, 6.07) is 9.47. The molecule has 0 fully saturated rings. The average molecular weight is 316 g/mol. The predicted molar refractivity (Wildman–Crippen MR) is 88.8 cm³/mol. The molecule has 0 saturated carbocycles. The molecule has 1 aromatic heterocycles. The maximum absolute atomic E-state index is 12.0. The molecule has 0 bridgehead atoms. The molecule has 1 heterocycles. The summed E-state index contributed by atoms with van der Waals surface area (Å²) in [5.74, 6) is 0.498. The van der Waals surface area contributed by atoms with Crippen LogP contribution in [0.4, 0.5) is 0 Å². The number of thiophene rings is 1. The van der Waals surface area contributed by atoms with Gasteiger partial charge in [-0.1, -0.05) is 32.0 Å². The van der Waals surface area contributed by atoms with Gasteiger partial charge in [0.1, 0.15) is 5.75 Å². The van der Waals surface area contributed by atoms with Crippen LogP contribution in [0.2, 0.25) is 0 Å². The van der Waals surface area contributed by atoms with Crippen LogP contribution in [-0.2, 0) is 4.79 Å². The zero-order valence-electron chi connectivity index (χ0n) is 13.1. The molecule has 4 heteroatoms. The van der Waals surface area contributed by atoms with Crippen LogP contribution in [0.3, 0.4) is 0 Å². The van der Waals surface area contributed by atoms with Gasteiger partial charge in [-0.15, -0.1) is 11.3 Å². The maximum atomic E-state index is 12.0. The number of benzene rings is 1. The van der Waals surface area contributed by atoms with Crippen molar-refractivity contribution in [2.45, 2.75) is 39.5 Å². The normalized spacial score (nSPS) is 10.7. The molecule has 0 aliphatic heterocycles. The van der Waals surface area contributed by atoms with Gasteiger partial charge in [-0.3, -0.25) is 9.59 Å². The van der Waals surface area contributed by atoms with Crippen LogP contribution in [0.1, 0.15) is 53.4 Å². The van der Waals surface area contributed by atoms with E-state index in [1.54, 1.807) is 6.07 Å². The van der Waals surface area contributed by atoms with Gasteiger partial charge in [-0.05, 0) is 41.5 Å². The first-order valence-corrected chi connectivity index (χ1v) is 8.23. The predicted octanol–water partition coefficient (Wildman–Crippen LogP) is 4.75. The van der Waals surface area contributed by atoms with E-state index in [1.807, 2.05) is 36.6 Å². The summed E-state index contributed by atoms with van der Waals surface area (Å²) in [5, 5.41) is 1.85. The SMILES string of the molecule is Cc1ccc(C(C)C)c(OC(=O)CCC(=O)c2cccs2)c1. The van der Waals surface area contributed by atoms with Crippen LogP contribution in [0, 0.1) is 6.92 Å². The third kappa shape index (κ3) is 4.28. The van der Waals surface area contributed by atoms with Crippen LogP contribution in [-0.4, -0.2) is 11.8 Å². The van der Waals surface area contributed by atoms with Crippen LogP contribution in [0.25, 0.3) is 0 Å². The van der Waals surface area contributed by atoms with E-state index in [-0.39, 0.29) is 30.5 Å². The Morgan fingerprint density at radius 1 is 1.18 bits per heavy atom. The molecule has 0 aliphatic rings. The first-order valence-electron chi connectivity index (χ1n) is 7.35. The molecule has 0 spiro atoms. The highest BCUT2D eigenvalue weighted by atomic mass is 32.1. The molecule has 0 N–H and O–H groups in total. The van der Waals surface area contributed by atoms with E-state index >= 15 is 0 Å². The molecule has 2 aromatic rings. The van der Waals surface area contributed by atoms with E-state index < -0.39 is 0 Å². The van der Waals surface area contributed by atoms with Gasteiger partial charge >= 0.3 is 5.97 Å². The van der Waals surface area contributed by atoms with Gasteiger partial charge in [0.15, 0.2) is 5.78 Å². The minimum Gasteiger partial charge on any atom is -0.426 e. The maximum Gasteiger partial charge on any atom is 0.311 e. The summed E-state index contributed by atoms with van der Waals surface area (Å²) in [5.41, 5.74) is 2.05. The van der Waals surface area contributed by atoms with Crippen molar-refractivity contribution in [3.8, 4) is 5.75 Å². The number of carbonyl (C=O) groups excluding carboxylic acids is 2. The van der Waals surface area contributed by atoms with Crippen molar-refractivity contribution >= 4 is 23.1 Å². The molecule has 0 atom stereocenters. The van der Waals surface area contributed by atoms with E-state index in [2.05, 4.69) is 13.8 Å². The van der Waals surface area contributed by atoms with E-state index in [4.69, 9.17) is 4.74 Å². The van der Waals surface area contributed by atoms with E-state index in [1.165, 1.54) is 11.3 Å². The second-order valence-electron chi connectivity index (χ2n) is 5.57. The Hall–Kier alpha value is -1.94. The Labute approximate surface area is 134 Å². The Morgan fingerprint density at radius 2 is 1.95 bits per heavy atom. The zero-order valence-corrected chi connectivity index (χ0v) is 13.9. The van der Waals surface area contributed by atoms with Crippen molar-refractivity contribution in [2.24, 2.45) is 0 Å². The lowest BCUT2D eigenvalue weighted by Crippen LogP contribution is -2.12. The number of hydrogen-bond acceptors (Lipinski definition) is 4. The molecular formula is C18H20O3S. The number of Topliss-reactive ketones (excluding diaryl/α,β-unsaturated/α-hetero) is 1. The van der Waals surface area contributed by atoms with Gasteiger partial charge in [-0.25, -0.2) is 0 Å². The van der Waals surface area contributed by atoms with Crippen LogP contribution in [0.5, 0.6) is 5.75 Å². The van der Waals surface area contributed by atoms with Crippen LogP contribution in [0.15, 0.2) is 35.7 Å². The minimum atomic E-state index is -0.364. The standard InChI is InChI=1S/C18H20O3S/c1-12(2)14-7-6-13(3)11-16(14)21-18(20)9-8-15(19)17-5-4-10-22-17/h4-7,10-12H,8-9H2,1-3H3. The third-order valence-electron chi connectivity index (χ3n) is 3.37. The molecule has 0 amide bonds. The topological polar surface area (TPSA) is 43.4 Å². The van der Waals surface area contributed by atoms with Gasteiger partial charge < -0.3 is 4.74 Å². The molecule has 1 aromatic carbocycles. The van der Waals surface area contributed by atoms with Crippen molar-refractivity contribution in [3.05, 3.63) is 51.7 Å². The monoisotopic (exact) mass is 316 g/mol. The Balaban J connectivity index is 1.97. The number of esters is 1. The zero-order chi connectivity index (χ0) is 16.1. The molecule has 116 valence electrons. The van der Waals surface area contributed by atoms with E-state index in [9.17, 15) is 9.59 Å². The molecule has 0 aliphatic carbocycles. The van der Waals surface area contributed by atoms with Crippen molar-refractivity contribution in [2.75, 3.05) is 0 Å². The molecule has 22 heavy (non-hydrogen) atoms. The van der Waals surface area contributed by atoms with Gasteiger partial charge in [0, 0.05) is 6.42 Å². The van der Waals surface area contributed by atoms with E-state index in [0.29, 0.717) is 10.6 Å². The summed E-state index contributed by atoms with van der Waals surface area (Å²) < 4.78 is 5.47. The highest BCUT2D eigenvalue weighted by Crippen LogP contribution is 2.28. The lowest BCUT2D eigenvalue weighted by atomic mass is 10.0. The van der Waals surface area contributed by atoms with E-state index in [0.717, 1.165) is 11.1 Å². The lowest BCUT2D eigenvalue weighted by molar-refractivity contribution is -0.134. The molecule has 0 radical (unpaired) electrons. The van der Waals surface area contributed by atoms with Crippen LogP contribution >= 0.6 is 11.3 Å². The fourth-order valence-electron chi connectivity index (χ4n) is 2.16. The second-order valence-corrected chi connectivity index (χ2v) is 6.52. The third-order valence-corrected chi connectivity index (χ3v) is 4.28. The number of ether oxygens (including phenoxy) is 1. The van der Waals surface area contributed by atoms with Crippen molar-refractivity contribution in [1.29, 1.82) is 0 Å². The van der Waals surface area contributed by atoms with Crippen molar-refractivity contribution < 1.29 is 14.3 Å². The average Bonchev–Trinajstić information content (AvgIpc) is 2.98. The number of aryl methyl sites for hydroxylation is 1. The molecular weight excluding hydrogens is 296 g/mol. The van der Waals surface area contributed by atoms with Gasteiger partial charge in [0.05, 0.1) is 11.3 Å². The summed E-state index contributed by atoms with van der Waals surface area (Å²) in [6.07, 6.45) is 0.282. The first-order chi connectivity index (χ1) is 10.5. The van der Waals surface area contributed by atoms with Crippen LogP contribution < -0.4 is 4.74 Å². The highest BCUT2D eigenvalue weighted by molar-refractivity contribution is 7.12. The molecule has 3 nitrogen and oxygen atoms in total.